The molecule has 1 aliphatic rings. The van der Waals surface area contributed by atoms with Crippen LogP contribution in [0.2, 0.25) is 0 Å². The summed E-state index contributed by atoms with van der Waals surface area (Å²) in [6.45, 7) is 2.06. The van der Waals surface area contributed by atoms with Gasteiger partial charge >= 0.3 is 0 Å². The minimum Gasteiger partial charge on any atom is -0.493 e. The second kappa shape index (κ2) is 7.24. The number of amides is 1. The van der Waals surface area contributed by atoms with Gasteiger partial charge in [0.1, 0.15) is 5.75 Å². The van der Waals surface area contributed by atoms with Crippen LogP contribution in [0, 0.1) is 0 Å². The van der Waals surface area contributed by atoms with Gasteiger partial charge in [0, 0.05) is 37.3 Å². The van der Waals surface area contributed by atoms with E-state index in [-0.39, 0.29) is 5.91 Å². The fourth-order valence-corrected chi connectivity index (χ4v) is 3.86. The summed E-state index contributed by atoms with van der Waals surface area (Å²) >= 11 is 0. The second-order valence-corrected chi connectivity index (χ2v) is 6.92. The molecule has 2 aromatic carbocycles. The lowest BCUT2D eigenvalue weighted by atomic mass is 10.0. The summed E-state index contributed by atoms with van der Waals surface area (Å²) in [5, 5.41) is 1.27. The number of hydrogen-bond acceptors (Lipinski definition) is 2. The van der Waals surface area contributed by atoms with Crippen LogP contribution in [0.3, 0.4) is 0 Å². The molecule has 1 unspecified atom stereocenters. The van der Waals surface area contributed by atoms with Gasteiger partial charge in [0.2, 0.25) is 5.91 Å². The Morgan fingerprint density at radius 3 is 2.69 bits per heavy atom. The number of carbonyl (C=O) groups is 1. The molecule has 3 aromatic rings. The Hall–Kier alpha value is -2.75. The molecule has 1 amide bonds. The molecule has 1 aliphatic heterocycles. The van der Waals surface area contributed by atoms with Crippen LogP contribution >= 0.6 is 0 Å². The predicted octanol–water partition coefficient (Wildman–Crippen LogP) is 3.96. The van der Waals surface area contributed by atoms with Crippen LogP contribution in [0.25, 0.3) is 10.9 Å². The topological polar surface area (TPSA) is 34.5 Å². The molecular formula is C22H24N2O2. The fraction of sp³-hybridized carbons (Fsp3) is 0.318. The lowest BCUT2D eigenvalue weighted by Crippen LogP contribution is -2.29. The maximum atomic E-state index is 12.5. The molecule has 26 heavy (non-hydrogen) atoms. The maximum absolute atomic E-state index is 12.5. The van der Waals surface area contributed by atoms with Gasteiger partial charge in [-0.1, -0.05) is 36.4 Å². The Morgan fingerprint density at radius 1 is 1.12 bits per heavy atom. The normalized spacial score (nSPS) is 17.0. The summed E-state index contributed by atoms with van der Waals surface area (Å²) in [6.07, 6.45) is 1.45. The minimum absolute atomic E-state index is 0.183. The molecular weight excluding hydrogens is 324 g/mol. The van der Waals surface area contributed by atoms with E-state index in [4.69, 9.17) is 4.74 Å². The second-order valence-electron chi connectivity index (χ2n) is 6.92. The average Bonchev–Trinajstić information content (AvgIpc) is 3.28. The first kappa shape index (κ1) is 16.7. The lowest BCUT2D eigenvalue weighted by molar-refractivity contribution is -0.130. The molecule has 0 N–H and O–H groups in total. The summed E-state index contributed by atoms with van der Waals surface area (Å²) in [4.78, 5) is 14.5. The smallest absolute Gasteiger partial charge is 0.226 e. The predicted molar refractivity (Wildman–Crippen MR) is 103 cm³/mol. The van der Waals surface area contributed by atoms with Crippen LogP contribution in [0.15, 0.2) is 60.7 Å². The number of fused-ring (bicyclic) bond motifs is 1. The third-order valence-electron chi connectivity index (χ3n) is 5.28. The van der Waals surface area contributed by atoms with Crippen LogP contribution in [0.4, 0.5) is 0 Å². The Labute approximate surface area is 154 Å². The van der Waals surface area contributed by atoms with Gasteiger partial charge in [0.05, 0.1) is 13.0 Å². The number of aryl methyl sites for hydroxylation is 1. The molecule has 1 atom stereocenters. The SMILES string of the molecule is Cn1c(C2CCN(C(=O)CCOc3ccccc3)C2)cc2ccccc21. The number of aromatic nitrogens is 1. The van der Waals surface area contributed by atoms with Crippen LogP contribution in [-0.2, 0) is 11.8 Å². The van der Waals surface area contributed by atoms with Crippen molar-refractivity contribution in [2.75, 3.05) is 19.7 Å². The summed E-state index contributed by atoms with van der Waals surface area (Å²) in [7, 11) is 2.12. The standard InChI is InChI=1S/C22H24N2O2/c1-23-20-10-6-5-7-17(20)15-21(23)18-11-13-24(16-18)22(25)12-14-26-19-8-3-2-4-9-19/h2-10,15,18H,11-14,16H2,1H3. The first-order valence-electron chi connectivity index (χ1n) is 9.22. The van der Waals surface area contributed by atoms with Crippen LogP contribution in [0.1, 0.15) is 24.5 Å². The number of nitrogens with zero attached hydrogens (tertiary/aromatic N) is 2. The number of carbonyl (C=O) groups excluding carboxylic acids is 1. The maximum Gasteiger partial charge on any atom is 0.226 e. The molecule has 0 radical (unpaired) electrons. The highest BCUT2D eigenvalue weighted by molar-refractivity contribution is 5.81. The molecule has 4 heteroatoms. The highest BCUT2D eigenvalue weighted by atomic mass is 16.5. The first-order chi connectivity index (χ1) is 12.7. The molecule has 2 heterocycles. The Morgan fingerprint density at radius 2 is 1.88 bits per heavy atom. The van der Waals surface area contributed by atoms with Crippen molar-refractivity contribution in [1.82, 2.24) is 9.47 Å². The highest BCUT2D eigenvalue weighted by Gasteiger charge is 2.29. The van der Waals surface area contributed by atoms with E-state index in [0.717, 1.165) is 25.3 Å². The van der Waals surface area contributed by atoms with Gasteiger partial charge in [0.25, 0.3) is 0 Å². The number of hydrogen-bond donors (Lipinski definition) is 0. The van der Waals surface area contributed by atoms with Gasteiger partial charge in [-0.3, -0.25) is 4.79 Å². The monoisotopic (exact) mass is 348 g/mol. The van der Waals surface area contributed by atoms with Crippen molar-refractivity contribution in [3.05, 3.63) is 66.4 Å². The van der Waals surface area contributed by atoms with Crippen molar-refractivity contribution in [2.45, 2.75) is 18.8 Å². The number of para-hydroxylation sites is 2. The summed E-state index contributed by atoms with van der Waals surface area (Å²) in [5.41, 5.74) is 2.57. The van der Waals surface area contributed by atoms with Crippen LogP contribution < -0.4 is 4.74 Å². The number of ether oxygens (including phenoxy) is 1. The van der Waals surface area contributed by atoms with Crippen molar-refractivity contribution in [3.63, 3.8) is 0 Å². The zero-order valence-corrected chi connectivity index (χ0v) is 15.1. The first-order valence-corrected chi connectivity index (χ1v) is 9.22. The van der Waals surface area contributed by atoms with Crippen molar-refractivity contribution in [3.8, 4) is 5.75 Å². The molecule has 1 fully saturated rings. The zero-order chi connectivity index (χ0) is 17.9. The van der Waals surface area contributed by atoms with Crippen LogP contribution in [-0.4, -0.2) is 35.1 Å². The fourth-order valence-electron chi connectivity index (χ4n) is 3.86. The van der Waals surface area contributed by atoms with E-state index in [1.165, 1.54) is 16.6 Å². The van der Waals surface area contributed by atoms with Crippen molar-refractivity contribution < 1.29 is 9.53 Å². The van der Waals surface area contributed by atoms with Crippen molar-refractivity contribution in [1.29, 1.82) is 0 Å². The average molecular weight is 348 g/mol. The molecule has 0 bridgehead atoms. The number of rotatable bonds is 5. The van der Waals surface area contributed by atoms with Gasteiger partial charge in [-0.05, 0) is 36.1 Å². The van der Waals surface area contributed by atoms with E-state index in [9.17, 15) is 4.79 Å². The molecule has 0 aliphatic carbocycles. The molecule has 134 valence electrons. The molecule has 0 spiro atoms. The third kappa shape index (κ3) is 3.32. The molecule has 4 nitrogen and oxygen atoms in total. The van der Waals surface area contributed by atoms with E-state index in [1.807, 2.05) is 35.2 Å². The van der Waals surface area contributed by atoms with E-state index in [2.05, 4.69) is 41.9 Å². The highest BCUT2D eigenvalue weighted by Crippen LogP contribution is 2.31. The molecule has 4 rings (SSSR count). The quantitative estimate of drug-likeness (QED) is 0.699. The minimum atomic E-state index is 0.183. The number of benzene rings is 2. The third-order valence-corrected chi connectivity index (χ3v) is 5.28. The van der Waals surface area contributed by atoms with E-state index < -0.39 is 0 Å². The van der Waals surface area contributed by atoms with Gasteiger partial charge in [-0.15, -0.1) is 0 Å². The largest absolute Gasteiger partial charge is 0.493 e. The molecule has 0 saturated carbocycles. The van der Waals surface area contributed by atoms with Gasteiger partial charge < -0.3 is 14.2 Å². The molecule has 1 aromatic heterocycles. The molecule has 1 saturated heterocycles. The Kier molecular flexibility index (Phi) is 4.65. The van der Waals surface area contributed by atoms with Gasteiger partial charge in [0.15, 0.2) is 0 Å². The Bertz CT molecular complexity index is 901. The van der Waals surface area contributed by atoms with Gasteiger partial charge in [-0.25, -0.2) is 0 Å². The van der Waals surface area contributed by atoms with Gasteiger partial charge in [-0.2, -0.15) is 0 Å². The summed E-state index contributed by atoms with van der Waals surface area (Å²) in [5.74, 6) is 1.41. The Balaban J connectivity index is 1.35. The zero-order valence-electron chi connectivity index (χ0n) is 15.1. The number of likely N-dealkylation sites (tertiary alicyclic amines) is 1. The van der Waals surface area contributed by atoms with Crippen LogP contribution in [0.5, 0.6) is 5.75 Å². The van der Waals surface area contributed by atoms with E-state index >= 15 is 0 Å². The van der Waals surface area contributed by atoms with E-state index in [0.29, 0.717) is 18.9 Å². The summed E-state index contributed by atoms with van der Waals surface area (Å²) < 4.78 is 7.93. The lowest BCUT2D eigenvalue weighted by Gasteiger charge is -2.17. The summed E-state index contributed by atoms with van der Waals surface area (Å²) in [6, 6.07) is 20.4. The van der Waals surface area contributed by atoms with Crippen molar-refractivity contribution in [2.24, 2.45) is 7.05 Å². The van der Waals surface area contributed by atoms with E-state index in [1.54, 1.807) is 0 Å². The van der Waals surface area contributed by atoms with Crippen molar-refractivity contribution >= 4 is 16.8 Å².